The molecule has 0 unspecified atom stereocenters. The van der Waals surface area contributed by atoms with Crippen molar-refractivity contribution in [3.63, 3.8) is 0 Å². The zero-order valence-electron chi connectivity index (χ0n) is 11.1. The summed E-state index contributed by atoms with van der Waals surface area (Å²) in [7, 11) is 0. The van der Waals surface area contributed by atoms with Crippen molar-refractivity contribution in [1.29, 1.82) is 0 Å². The molecule has 2 aromatic rings. The number of alkyl halides is 1. The van der Waals surface area contributed by atoms with E-state index in [1.807, 2.05) is 36.4 Å². The van der Waals surface area contributed by atoms with E-state index < -0.39 is 0 Å². The van der Waals surface area contributed by atoms with E-state index in [0.29, 0.717) is 10.9 Å². The zero-order valence-corrected chi connectivity index (χ0v) is 12.7. The van der Waals surface area contributed by atoms with Crippen LogP contribution in [0, 0.1) is 10.1 Å². The van der Waals surface area contributed by atoms with Crippen molar-refractivity contribution in [2.75, 3.05) is 11.4 Å². The van der Waals surface area contributed by atoms with E-state index in [-0.39, 0.29) is 10.6 Å². The molecule has 0 bridgehead atoms. The Kier molecular flexibility index (Phi) is 4.74. The topological polar surface area (TPSA) is 46.4 Å². The third-order valence-electron chi connectivity index (χ3n) is 3.10. The van der Waals surface area contributed by atoms with E-state index in [1.54, 1.807) is 12.1 Å². The number of hydrogen-bond acceptors (Lipinski definition) is 3. The fourth-order valence-electron chi connectivity index (χ4n) is 2.15. The Morgan fingerprint density at radius 2 is 1.85 bits per heavy atom. The molecule has 0 heterocycles. The Morgan fingerprint density at radius 3 is 2.40 bits per heavy atom. The van der Waals surface area contributed by atoms with Gasteiger partial charge in [-0.3, -0.25) is 10.1 Å². The Labute approximate surface area is 126 Å². The second-order valence-corrected chi connectivity index (χ2v) is 4.84. The summed E-state index contributed by atoms with van der Waals surface area (Å²) in [6, 6.07) is 15.2. The molecule has 0 atom stereocenters. The number of rotatable bonds is 5. The zero-order chi connectivity index (χ0) is 14.5. The van der Waals surface area contributed by atoms with Crippen LogP contribution in [0.3, 0.4) is 0 Å². The lowest BCUT2D eigenvalue weighted by Crippen LogP contribution is -2.16. The van der Waals surface area contributed by atoms with Gasteiger partial charge in [0.15, 0.2) is 0 Å². The summed E-state index contributed by atoms with van der Waals surface area (Å²) in [6.07, 6.45) is 0. The van der Waals surface area contributed by atoms with Crippen LogP contribution in [0.1, 0.15) is 12.5 Å². The lowest BCUT2D eigenvalue weighted by atomic mass is 10.1. The quantitative estimate of drug-likeness (QED) is 0.454. The van der Waals surface area contributed by atoms with Crippen molar-refractivity contribution in [2.24, 2.45) is 0 Å². The average Bonchev–Trinajstić information content (AvgIpc) is 2.48. The number of anilines is 2. The minimum atomic E-state index is -0.348. The van der Waals surface area contributed by atoms with Gasteiger partial charge in [0.2, 0.25) is 0 Å². The van der Waals surface area contributed by atoms with Crippen molar-refractivity contribution >= 4 is 33.0 Å². The molecule has 0 radical (unpaired) electrons. The molecular formula is C15H15BrN2O2. The summed E-state index contributed by atoms with van der Waals surface area (Å²) in [4.78, 5) is 12.7. The summed E-state index contributed by atoms with van der Waals surface area (Å²) >= 11 is 3.32. The maximum atomic E-state index is 11.0. The summed E-state index contributed by atoms with van der Waals surface area (Å²) in [5.41, 5.74) is 2.86. The molecular weight excluding hydrogens is 320 g/mol. The van der Waals surface area contributed by atoms with E-state index >= 15 is 0 Å². The Morgan fingerprint density at radius 1 is 1.15 bits per heavy atom. The second-order valence-electron chi connectivity index (χ2n) is 4.28. The molecule has 0 aliphatic heterocycles. The Bertz CT molecular complexity index is 602. The second kappa shape index (κ2) is 6.52. The van der Waals surface area contributed by atoms with E-state index in [9.17, 15) is 10.1 Å². The highest BCUT2D eigenvalue weighted by atomic mass is 79.9. The minimum Gasteiger partial charge on any atom is -0.342 e. The standard InChI is InChI=1S/C15H15BrN2O2/c1-2-17(13-6-4-3-5-7-13)14-8-9-15(18(19)20)12(10-14)11-16/h3-10H,2,11H2,1H3. The molecule has 2 aromatic carbocycles. The first-order valence-electron chi connectivity index (χ1n) is 6.33. The Balaban J connectivity index is 2.43. The monoisotopic (exact) mass is 334 g/mol. The molecule has 2 rings (SSSR count). The average molecular weight is 335 g/mol. The van der Waals surface area contributed by atoms with Gasteiger partial charge in [0.1, 0.15) is 0 Å². The van der Waals surface area contributed by atoms with Crippen molar-refractivity contribution in [3.05, 3.63) is 64.2 Å². The van der Waals surface area contributed by atoms with Gasteiger partial charge in [-0.2, -0.15) is 0 Å². The fourth-order valence-corrected chi connectivity index (χ4v) is 2.60. The first kappa shape index (κ1) is 14.5. The molecule has 0 aliphatic carbocycles. The van der Waals surface area contributed by atoms with Gasteiger partial charge in [-0.25, -0.2) is 0 Å². The van der Waals surface area contributed by atoms with Gasteiger partial charge in [-0.15, -0.1) is 0 Å². The van der Waals surface area contributed by atoms with Gasteiger partial charge in [0.05, 0.1) is 4.92 Å². The van der Waals surface area contributed by atoms with E-state index in [0.717, 1.165) is 17.9 Å². The highest BCUT2D eigenvalue weighted by Gasteiger charge is 2.15. The maximum absolute atomic E-state index is 11.0. The normalized spacial score (nSPS) is 10.3. The van der Waals surface area contributed by atoms with Crippen LogP contribution in [0.4, 0.5) is 17.1 Å². The van der Waals surface area contributed by atoms with E-state index in [4.69, 9.17) is 0 Å². The van der Waals surface area contributed by atoms with Gasteiger partial charge in [0.25, 0.3) is 5.69 Å². The van der Waals surface area contributed by atoms with Crippen molar-refractivity contribution in [3.8, 4) is 0 Å². The molecule has 0 saturated carbocycles. The molecule has 104 valence electrons. The molecule has 0 saturated heterocycles. The minimum absolute atomic E-state index is 0.148. The molecule has 0 spiro atoms. The molecule has 0 fully saturated rings. The summed E-state index contributed by atoms with van der Waals surface area (Å²) in [5.74, 6) is 0. The van der Waals surface area contributed by atoms with Gasteiger partial charge in [-0.1, -0.05) is 34.1 Å². The molecule has 4 nitrogen and oxygen atoms in total. The lowest BCUT2D eigenvalue weighted by molar-refractivity contribution is -0.385. The number of hydrogen-bond donors (Lipinski definition) is 0. The first-order valence-corrected chi connectivity index (χ1v) is 7.45. The number of nitro benzene ring substituents is 1. The summed E-state index contributed by atoms with van der Waals surface area (Å²) in [5, 5.41) is 11.4. The lowest BCUT2D eigenvalue weighted by Gasteiger charge is -2.23. The van der Waals surface area contributed by atoms with Gasteiger partial charge < -0.3 is 4.90 Å². The van der Waals surface area contributed by atoms with Crippen LogP contribution in [-0.4, -0.2) is 11.5 Å². The first-order chi connectivity index (χ1) is 9.67. The smallest absolute Gasteiger partial charge is 0.273 e. The van der Waals surface area contributed by atoms with Crippen molar-refractivity contribution in [1.82, 2.24) is 0 Å². The molecule has 0 N–H and O–H groups in total. The summed E-state index contributed by atoms with van der Waals surface area (Å²) < 4.78 is 0. The largest absolute Gasteiger partial charge is 0.342 e. The van der Waals surface area contributed by atoms with Gasteiger partial charge in [-0.05, 0) is 31.2 Å². The molecule has 0 amide bonds. The molecule has 0 aliphatic rings. The van der Waals surface area contributed by atoms with Crippen LogP contribution < -0.4 is 4.90 Å². The predicted octanol–water partition coefficient (Wildman–Crippen LogP) is 4.65. The number of nitrogens with zero attached hydrogens (tertiary/aromatic N) is 2. The molecule has 20 heavy (non-hydrogen) atoms. The van der Waals surface area contributed by atoms with Crippen LogP contribution in [0.2, 0.25) is 0 Å². The van der Waals surface area contributed by atoms with Crippen LogP contribution in [0.5, 0.6) is 0 Å². The van der Waals surface area contributed by atoms with E-state index in [2.05, 4.69) is 27.8 Å². The third kappa shape index (κ3) is 2.99. The number of nitro groups is 1. The van der Waals surface area contributed by atoms with Gasteiger partial charge >= 0.3 is 0 Å². The van der Waals surface area contributed by atoms with E-state index in [1.165, 1.54) is 0 Å². The number of benzene rings is 2. The SMILES string of the molecule is CCN(c1ccccc1)c1ccc([N+](=O)[O-])c(CBr)c1. The third-order valence-corrected chi connectivity index (χ3v) is 3.70. The maximum Gasteiger partial charge on any atom is 0.273 e. The molecule has 0 aromatic heterocycles. The van der Waals surface area contributed by atoms with Crippen LogP contribution >= 0.6 is 15.9 Å². The Hall–Kier alpha value is -1.88. The van der Waals surface area contributed by atoms with Crippen LogP contribution in [-0.2, 0) is 5.33 Å². The highest BCUT2D eigenvalue weighted by Crippen LogP contribution is 2.30. The summed E-state index contributed by atoms with van der Waals surface area (Å²) in [6.45, 7) is 2.85. The number of halogens is 1. The van der Waals surface area contributed by atoms with Crippen molar-refractivity contribution < 1.29 is 4.92 Å². The van der Waals surface area contributed by atoms with Gasteiger partial charge in [0, 0.05) is 34.9 Å². The van der Waals surface area contributed by atoms with Crippen LogP contribution in [0.25, 0.3) is 0 Å². The highest BCUT2D eigenvalue weighted by molar-refractivity contribution is 9.08. The van der Waals surface area contributed by atoms with Crippen molar-refractivity contribution in [2.45, 2.75) is 12.3 Å². The number of para-hydroxylation sites is 1. The fraction of sp³-hybridized carbons (Fsp3) is 0.200. The van der Waals surface area contributed by atoms with Crippen LogP contribution in [0.15, 0.2) is 48.5 Å². The predicted molar refractivity (Wildman–Crippen MR) is 84.8 cm³/mol. The molecule has 5 heteroatoms.